The molecule has 0 saturated heterocycles. The molecule has 2 aromatic rings. The molecule has 0 spiro atoms. The maximum atomic E-state index is 3.55. The quantitative estimate of drug-likeness (QED) is 0.855. The molecule has 1 unspecified atom stereocenters. The summed E-state index contributed by atoms with van der Waals surface area (Å²) < 4.78 is 2.16. The number of hydrogen-bond donors (Lipinski definition) is 1. The summed E-state index contributed by atoms with van der Waals surface area (Å²) in [6, 6.07) is 13.5. The molecule has 0 amide bonds. The van der Waals surface area contributed by atoms with Crippen LogP contribution in [0.2, 0.25) is 0 Å². The summed E-state index contributed by atoms with van der Waals surface area (Å²) in [6.45, 7) is 13.2. The second-order valence-electron chi connectivity index (χ2n) is 6.67. The monoisotopic (exact) mass is 270 g/mol. The van der Waals surface area contributed by atoms with Gasteiger partial charge in [-0.1, -0.05) is 45.0 Å². The lowest BCUT2D eigenvalue weighted by atomic mass is 9.86. The van der Waals surface area contributed by atoms with E-state index in [0.717, 1.165) is 0 Å². The van der Waals surface area contributed by atoms with Crippen LogP contribution >= 0.6 is 0 Å². The first kappa shape index (κ1) is 14.7. The summed E-state index contributed by atoms with van der Waals surface area (Å²) >= 11 is 0. The molecular weight excluding hydrogens is 244 g/mol. The average molecular weight is 270 g/mol. The molecule has 0 fully saturated rings. The van der Waals surface area contributed by atoms with Crippen LogP contribution in [0, 0.1) is 13.8 Å². The lowest BCUT2D eigenvalue weighted by Crippen LogP contribution is -2.21. The molecule has 0 radical (unpaired) electrons. The first-order valence-corrected chi connectivity index (χ1v) is 7.31. The van der Waals surface area contributed by atoms with Gasteiger partial charge in [-0.15, -0.1) is 0 Å². The molecule has 1 N–H and O–H groups in total. The lowest BCUT2D eigenvalue weighted by molar-refractivity contribution is 0.589. The van der Waals surface area contributed by atoms with E-state index in [9.17, 15) is 0 Å². The molecule has 20 heavy (non-hydrogen) atoms. The number of rotatable bonds is 3. The molecule has 0 aliphatic heterocycles. The number of benzene rings is 1. The van der Waals surface area contributed by atoms with E-state index in [1.807, 2.05) is 0 Å². The SMILES string of the molecule is Cc1ccc(C)n1NC(C)c1ccc(C(C)(C)C)cc1. The molecule has 0 aliphatic rings. The Morgan fingerprint density at radius 2 is 1.40 bits per heavy atom. The van der Waals surface area contributed by atoms with Crippen molar-refractivity contribution >= 4 is 0 Å². The molecule has 1 atom stereocenters. The van der Waals surface area contributed by atoms with E-state index in [2.05, 4.69) is 88.0 Å². The highest BCUT2D eigenvalue weighted by Gasteiger charge is 2.14. The van der Waals surface area contributed by atoms with Gasteiger partial charge in [0, 0.05) is 11.4 Å². The summed E-state index contributed by atoms with van der Waals surface area (Å²) in [5, 5.41) is 0. The predicted molar refractivity (Wildman–Crippen MR) is 86.8 cm³/mol. The number of nitrogens with zero attached hydrogens (tertiary/aromatic N) is 1. The number of aromatic nitrogens is 1. The van der Waals surface area contributed by atoms with Crippen molar-refractivity contribution in [2.75, 3.05) is 5.43 Å². The van der Waals surface area contributed by atoms with Gasteiger partial charge in [-0.2, -0.15) is 0 Å². The third-order valence-corrected chi connectivity index (χ3v) is 3.87. The van der Waals surface area contributed by atoms with Gasteiger partial charge >= 0.3 is 0 Å². The van der Waals surface area contributed by atoms with Crippen molar-refractivity contribution in [3.05, 3.63) is 58.9 Å². The van der Waals surface area contributed by atoms with Gasteiger partial charge in [0.05, 0.1) is 6.04 Å². The smallest absolute Gasteiger partial charge is 0.0645 e. The van der Waals surface area contributed by atoms with E-state index >= 15 is 0 Å². The van der Waals surface area contributed by atoms with E-state index in [1.54, 1.807) is 0 Å². The van der Waals surface area contributed by atoms with Crippen LogP contribution in [0.15, 0.2) is 36.4 Å². The molecule has 1 aromatic heterocycles. The normalized spacial score (nSPS) is 13.3. The molecule has 1 heterocycles. The van der Waals surface area contributed by atoms with Crippen molar-refractivity contribution in [2.24, 2.45) is 0 Å². The van der Waals surface area contributed by atoms with E-state index < -0.39 is 0 Å². The highest BCUT2D eigenvalue weighted by molar-refractivity contribution is 5.30. The van der Waals surface area contributed by atoms with Crippen molar-refractivity contribution in [3.8, 4) is 0 Å². The van der Waals surface area contributed by atoms with Gasteiger partial charge in [-0.3, -0.25) is 4.68 Å². The minimum absolute atomic E-state index is 0.211. The summed E-state index contributed by atoms with van der Waals surface area (Å²) in [7, 11) is 0. The molecule has 0 bridgehead atoms. The number of aryl methyl sites for hydroxylation is 2. The van der Waals surface area contributed by atoms with Gasteiger partial charge in [0.25, 0.3) is 0 Å². The van der Waals surface area contributed by atoms with Crippen molar-refractivity contribution in [1.29, 1.82) is 0 Å². The molecule has 2 nitrogen and oxygen atoms in total. The molecule has 2 rings (SSSR count). The largest absolute Gasteiger partial charge is 0.319 e. The molecular formula is C18H26N2. The second kappa shape index (κ2) is 5.35. The zero-order chi connectivity index (χ0) is 14.9. The van der Waals surface area contributed by atoms with Crippen LogP contribution < -0.4 is 5.43 Å². The predicted octanol–water partition coefficient (Wildman–Crippen LogP) is 4.71. The fourth-order valence-corrected chi connectivity index (χ4v) is 2.41. The third-order valence-electron chi connectivity index (χ3n) is 3.87. The van der Waals surface area contributed by atoms with Gasteiger partial charge in [0.15, 0.2) is 0 Å². The maximum absolute atomic E-state index is 3.55. The highest BCUT2D eigenvalue weighted by atomic mass is 15.4. The molecule has 2 heteroatoms. The molecule has 0 aliphatic carbocycles. The first-order chi connectivity index (χ1) is 9.29. The second-order valence-corrected chi connectivity index (χ2v) is 6.67. The summed E-state index contributed by atoms with van der Waals surface area (Å²) in [4.78, 5) is 0. The van der Waals surface area contributed by atoms with Crippen LogP contribution in [0.25, 0.3) is 0 Å². The van der Waals surface area contributed by atoms with E-state index in [1.165, 1.54) is 22.5 Å². The van der Waals surface area contributed by atoms with Gasteiger partial charge < -0.3 is 5.43 Å². The molecule has 1 aromatic carbocycles. The fraction of sp³-hybridized carbons (Fsp3) is 0.444. The van der Waals surface area contributed by atoms with Crippen molar-refractivity contribution in [2.45, 2.75) is 53.0 Å². The Kier molecular flexibility index (Phi) is 3.94. The summed E-state index contributed by atoms with van der Waals surface area (Å²) in [6.07, 6.45) is 0. The zero-order valence-corrected chi connectivity index (χ0v) is 13.5. The Morgan fingerprint density at radius 1 is 0.900 bits per heavy atom. The minimum atomic E-state index is 0.211. The Labute approximate surface area is 122 Å². The Morgan fingerprint density at radius 3 is 1.85 bits per heavy atom. The Bertz CT molecular complexity index is 551. The topological polar surface area (TPSA) is 17.0 Å². The van der Waals surface area contributed by atoms with Gasteiger partial charge in [0.2, 0.25) is 0 Å². The van der Waals surface area contributed by atoms with E-state index in [0.29, 0.717) is 0 Å². The minimum Gasteiger partial charge on any atom is -0.319 e. The van der Waals surface area contributed by atoms with E-state index in [4.69, 9.17) is 0 Å². The zero-order valence-electron chi connectivity index (χ0n) is 13.5. The average Bonchev–Trinajstić information content (AvgIpc) is 2.69. The first-order valence-electron chi connectivity index (χ1n) is 7.31. The number of hydrogen-bond acceptors (Lipinski definition) is 1. The van der Waals surface area contributed by atoms with Crippen LogP contribution in [0.4, 0.5) is 0 Å². The maximum Gasteiger partial charge on any atom is 0.0645 e. The standard InChI is InChI=1S/C18H26N2/c1-13-7-8-14(2)20(13)19-15(3)16-9-11-17(12-10-16)18(4,5)6/h7-12,15,19H,1-6H3. The van der Waals surface area contributed by atoms with Crippen LogP contribution in [0.3, 0.4) is 0 Å². The Balaban J connectivity index is 2.16. The lowest BCUT2D eigenvalue weighted by Gasteiger charge is -2.22. The van der Waals surface area contributed by atoms with Gasteiger partial charge in [-0.25, -0.2) is 0 Å². The van der Waals surface area contributed by atoms with Crippen molar-refractivity contribution in [3.63, 3.8) is 0 Å². The van der Waals surface area contributed by atoms with Crippen molar-refractivity contribution < 1.29 is 0 Å². The van der Waals surface area contributed by atoms with Crippen LogP contribution in [-0.4, -0.2) is 4.68 Å². The van der Waals surface area contributed by atoms with Gasteiger partial charge in [-0.05, 0) is 49.4 Å². The fourth-order valence-electron chi connectivity index (χ4n) is 2.41. The van der Waals surface area contributed by atoms with E-state index in [-0.39, 0.29) is 11.5 Å². The van der Waals surface area contributed by atoms with Crippen LogP contribution in [0.1, 0.15) is 56.3 Å². The summed E-state index contributed by atoms with van der Waals surface area (Å²) in [5.74, 6) is 0. The van der Waals surface area contributed by atoms with Crippen LogP contribution in [0.5, 0.6) is 0 Å². The van der Waals surface area contributed by atoms with Gasteiger partial charge in [0.1, 0.15) is 0 Å². The third kappa shape index (κ3) is 3.06. The van der Waals surface area contributed by atoms with Crippen LogP contribution in [-0.2, 0) is 5.41 Å². The molecule has 108 valence electrons. The van der Waals surface area contributed by atoms with Crippen molar-refractivity contribution in [1.82, 2.24) is 4.68 Å². The summed E-state index contributed by atoms with van der Waals surface area (Å²) in [5.41, 5.74) is 8.92. The highest BCUT2D eigenvalue weighted by Crippen LogP contribution is 2.24. The Hall–Kier alpha value is -1.70. The molecule has 0 saturated carbocycles. The number of nitrogens with one attached hydrogen (secondary N) is 1.